The Bertz CT molecular complexity index is 458. The van der Waals surface area contributed by atoms with Gasteiger partial charge in [-0.15, -0.1) is 0 Å². The summed E-state index contributed by atoms with van der Waals surface area (Å²) in [5.41, 5.74) is 0.167. The molecule has 0 N–H and O–H groups in total. The lowest BCUT2D eigenvalue weighted by Crippen LogP contribution is -2.41. The van der Waals surface area contributed by atoms with E-state index in [9.17, 15) is 0 Å². The highest BCUT2D eigenvalue weighted by atomic mass is 16.7. The van der Waals surface area contributed by atoms with Gasteiger partial charge in [-0.25, -0.2) is 9.97 Å². The molecule has 1 fully saturated rings. The minimum Gasteiger partial charge on any atom is -0.399 e. The van der Waals surface area contributed by atoms with Crippen molar-refractivity contribution in [2.75, 3.05) is 11.9 Å². The van der Waals surface area contributed by atoms with E-state index in [1.54, 1.807) is 12.4 Å². The fourth-order valence-corrected chi connectivity index (χ4v) is 1.85. The highest BCUT2D eigenvalue weighted by Gasteiger charge is 2.51. The van der Waals surface area contributed by atoms with Gasteiger partial charge in [-0.05, 0) is 41.5 Å². The predicted octanol–water partition coefficient (Wildman–Crippen LogP) is 1.62. The Morgan fingerprint density at radius 2 is 1.50 bits per heavy atom. The van der Waals surface area contributed by atoms with E-state index < -0.39 is 7.12 Å². The molecule has 6 heteroatoms. The van der Waals surface area contributed by atoms with Gasteiger partial charge >= 0.3 is 7.12 Å². The van der Waals surface area contributed by atoms with E-state index in [4.69, 9.17) is 9.31 Å². The van der Waals surface area contributed by atoms with Crippen molar-refractivity contribution in [2.45, 2.75) is 58.8 Å². The molecule has 5 nitrogen and oxygen atoms in total. The number of hydrogen-bond donors (Lipinski definition) is 0. The van der Waals surface area contributed by atoms with Gasteiger partial charge in [0.15, 0.2) is 0 Å². The molecule has 0 amide bonds. The molecule has 1 aliphatic rings. The molecule has 1 aromatic rings. The fraction of sp³-hybridized carbons (Fsp3) is 0.714. The molecule has 20 heavy (non-hydrogen) atoms. The van der Waals surface area contributed by atoms with E-state index in [1.807, 2.05) is 39.6 Å². The number of hydrogen-bond acceptors (Lipinski definition) is 5. The minimum absolute atomic E-state index is 0.342. The molecule has 0 aliphatic carbocycles. The first-order valence-electron chi connectivity index (χ1n) is 7.04. The van der Waals surface area contributed by atoms with E-state index in [0.717, 1.165) is 5.46 Å². The molecule has 0 saturated carbocycles. The Morgan fingerprint density at radius 1 is 1.05 bits per heavy atom. The molecular formula is C14H24BN3O2. The van der Waals surface area contributed by atoms with Crippen molar-refractivity contribution in [3.63, 3.8) is 0 Å². The van der Waals surface area contributed by atoms with Crippen molar-refractivity contribution in [1.29, 1.82) is 0 Å². The largest absolute Gasteiger partial charge is 0.498 e. The topological polar surface area (TPSA) is 47.5 Å². The zero-order valence-electron chi connectivity index (χ0n) is 13.5. The number of aromatic nitrogens is 2. The van der Waals surface area contributed by atoms with Crippen LogP contribution in [0.4, 0.5) is 5.95 Å². The molecule has 2 heterocycles. The van der Waals surface area contributed by atoms with Gasteiger partial charge in [0.25, 0.3) is 0 Å². The Morgan fingerprint density at radius 3 is 1.90 bits per heavy atom. The second kappa shape index (κ2) is 5.00. The third kappa shape index (κ3) is 2.67. The SMILES string of the molecule is CC(C)N(C)c1ncc(B2OC(C)(C)C(C)(C)O2)cn1. The van der Waals surface area contributed by atoms with Crippen molar-refractivity contribution in [1.82, 2.24) is 9.97 Å². The Balaban J connectivity index is 2.16. The number of rotatable bonds is 3. The summed E-state index contributed by atoms with van der Waals surface area (Å²) in [6.45, 7) is 12.4. The van der Waals surface area contributed by atoms with Gasteiger partial charge in [0.2, 0.25) is 5.95 Å². The van der Waals surface area contributed by atoms with Crippen LogP contribution >= 0.6 is 0 Å². The third-order valence-electron chi connectivity index (χ3n) is 4.27. The fourth-order valence-electron chi connectivity index (χ4n) is 1.85. The average Bonchev–Trinajstić information content (AvgIpc) is 2.57. The lowest BCUT2D eigenvalue weighted by molar-refractivity contribution is 0.00578. The van der Waals surface area contributed by atoms with Crippen LogP contribution in [-0.2, 0) is 9.31 Å². The van der Waals surface area contributed by atoms with Gasteiger partial charge in [-0.1, -0.05) is 0 Å². The molecule has 0 atom stereocenters. The van der Waals surface area contributed by atoms with E-state index in [1.165, 1.54) is 0 Å². The second-order valence-electron chi connectivity index (χ2n) is 6.61. The van der Waals surface area contributed by atoms with E-state index in [2.05, 4.69) is 23.8 Å². The van der Waals surface area contributed by atoms with Crippen molar-refractivity contribution in [3.05, 3.63) is 12.4 Å². The molecule has 1 aromatic heterocycles. The smallest absolute Gasteiger partial charge is 0.399 e. The molecule has 0 spiro atoms. The average molecular weight is 277 g/mol. The predicted molar refractivity (Wildman–Crippen MR) is 81.3 cm³/mol. The molecular weight excluding hydrogens is 253 g/mol. The summed E-state index contributed by atoms with van der Waals surface area (Å²) in [5.74, 6) is 0.709. The van der Waals surface area contributed by atoms with Gasteiger partial charge in [-0.3, -0.25) is 0 Å². The van der Waals surface area contributed by atoms with Crippen molar-refractivity contribution < 1.29 is 9.31 Å². The lowest BCUT2D eigenvalue weighted by Gasteiger charge is -2.32. The van der Waals surface area contributed by atoms with Gasteiger partial charge in [-0.2, -0.15) is 0 Å². The summed E-state index contributed by atoms with van der Waals surface area (Å²) in [4.78, 5) is 10.8. The summed E-state index contributed by atoms with van der Waals surface area (Å²) in [6, 6.07) is 0.359. The number of nitrogens with zero attached hydrogens (tertiary/aromatic N) is 3. The second-order valence-corrected chi connectivity index (χ2v) is 6.61. The summed E-state index contributed by atoms with van der Waals surface area (Å²) in [7, 11) is 1.58. The van der Waals surface area contributed by atoms with Crippen LogP contribution in [0.1, 0.15) is 41.5 Å². The third-order valence-corrected chi connectivity index (χ3v) is 4.27. The minimum atomic E-state index is -0.404. The summed E-state index contributed by atoms with van der Waals surface area (Å²) < 4.78 is 12.0. The van der Waals surface area contributed by atoms with E-state index >= 15 is 0 Å². The molecule has 110 valence electrons. The Kier molecular flexibility index (Phi) is 3.82. The van der Waals surface area contributed by atoms with Crippen LogP contribution < -0.4 is 10.4 Å². The maximum Gasteiger partial charge on any atom is 0.498 e. The van der Waals surface area contributed by atoms with Gasteiger partial charge in [0.05, 0.1) is 11.2 Å². The van der Waals surface area contributed by atoms with Crippen LogP contribution in [-0.4, -0.2) is 41.4 Å². The first-order chi connectivity index (χ1) is 9.14. The number of anilines is 1. The van der Waals surface area contributed by atoms with Crippen LogP contribution in [0, 0.1) is 0 Å². The molecule has 0 aromatic carbocycles. The first-order valence-corrected chi connectivity index (χ1v) is 7.04. The Hall–Kier alpha value is -1.14. The van der Waals surface area contributed by atoms with Crippen LogP contribution in [0.5, 0.6) is 0 Å². The summed E-state index contributed by atoms with van der Waals surface area (Å²) in [6.07, 6.45) is 3.56. The molecule has 0 unspecified atom stereocenters. The normalized spacial score (nSPS) is 20.5. The maximum absolute atomic E-state index is 5.98. The maximum atomic E-state index is 5.98. The van der Waals surface area contributed by atoms with Crippen LogP contribution in [0.2, 0.25) is 0 Å². The van der Waals surface area contributed by atoms with Crippen LogP contribution in [0.15, 0.2) is 12.4 Å². The van der Waals surface area contributed by atoms with Crippen LogP contribution in [0.25, 0.3) is 0 Å². The van der Waals surface area contributed by atoms with E-state index in [0.29, 0.717) is 12.0 Å². The van der Waals surface area contributed by atoms with Gasteiger partial charge in [0, 0.05) is 30.9 Å². The Labute approximate surface area is 121 Å². The molecule has 0 bridgehead atoms. The first kappa shape index (κ1) is 15.3. The highest BCUT2D eigenvalue weighted by Crippen LogP contribution is 2.36. The van der Waals surface area contributed by atoms with Crippen molar-refractivity contribution in [2.24, 2.45) is 0 Å². The molecule has 0 radical (unpaired) electrons. The van der Waals surface area contributed by atoms with Crippen molar-refractivity contribution >= 4 is 18.5 Å². The quantitative estimate of drug-likeness (QED) is 0.786. The standard InChI is InChI=1S/C14H24BN3O2/c1-10(2)18(7)12-16-8-11(9-17-12)15-19-13(3,4)14(5,6)20-15/h8-10H,1-7H3. The molecule has 1 saturated heterocycles. The summed E-state index contributed by atoms with van der Waals surface area (Å²) in [5, 5.41) is 0. The monoisotopic (exact) mass is 277 g/mol. The lowest BCUT2D eigenvalue weighted by atomic mass is 9.81. The zero-order valence-corrected chi connectivity index (χ0v) is 13.5. The van der Waals surface area contributed by atoms with Crippen LogP contribution in [0.3, 0.4) is 0 Å². The highest BCUT2D eigenvalue weighted by molar-refractivity contribution is 6.61. The van der Waals surface area contributed by atoms with E-state index in [-0.39, 0.29) is 11.2 Å². The van der Waals surface area contributed by atoms with Gasteiger partial charge < -0.3 is 14.2 Å². The van der Waals surface area contributed by atoms with Crippen molar-refractivity contribution in [3.8, 4) is 0 Å². The van der Waals surface area contributed by atoms with Gasteiger partial charge in [0.1, 0.15) is 0 Å². The zero-order chi connectivity index (χ0) is 15.1. The summed E-state index contributed by atoms with van der Waals surface area (Å²) >= 11 is 0. The molecule has 2 rings (SSSR count). The molecule has 1 aliphatic heterocycles.